The van der Waals surface area contributed by atoms with Gasteiger partial charge in [0.1, 0.15) is 12.1 Å². The molecule has 0 spiro atoms. The number of benzene rings is 1. The van der Waals surface area contributed by atoms with Crippen molar-refractivity contribution in [3.05, 3.63) is 45.4 Å². The molecular weight excluding hydrogens is 355 g/mol. The van der Waals surface area contributed by atoms with Gasteiger partial charge in [-0.3, -0.25) is 0 Å². The van der Waals surface area contributed by atoms with Crippen molar-refractivity contribution in [2.45, 2.75) is 13.8 Å². The van der Waals surface area contributed by atoms with E-state index in [9.17, 15) is 0 Å². The zero-order valence-electron chi connectivity index (χ0n) is 10.5. The van der Waals surface area contributed by atoms with Crippen LogP contribution in [0.15, 0.2) is 30.6 Å². The van der Waals surface area contributed by atoms with Crippen LogP contribution in [0.2, 0.25) is 0 Å². The minimum absolute atomic E-state index is 0.540. The Balaban J connectivity index is 2.10. The minimum atomic E-state index is 0.540. The van der Waals surface area contributed by atoms with Crippen molar-refractivity contribution >= 4 is 28.4 Å². The second-order valence-electron chi connectivity index (χ2n) is 4.24. The molecule has 0 radical (unpaired) electrons. The highest BCUT2D eigenvalue weighted by Crippen LogP contribution is 2.27. The van der Waals surface area contributed by atoms with Crippen molar-refractivity contribution in [1.82, 2.24) is 19.6 Å². The van der Waals surface area contributed by atoms with Gasteiger partial charge in [-0.15, -0.1) is 0 Å². The lowest BCUT2D eigenvalue weighted by molar-refractivity contribution is 0.442. The summed E-state index contributed by atoms with van der Waals surface area (Å²) in [6, 6.07) is 7.93. The van der Waals surface area contributed by atoms with E-state index in [-0.39, 0.29) is 0 Å². The Morgan fingerprint density at radius 2 is 2.05 bits per heavy atom. The molecule has 0 aliphatic carbocycles. The van der Waals surface area contributed by atoms with E-state index in [0.29, 0.717) is 11.7 Å². The molecule has 0 unspecified atom stereocenters. The molecule has 0 fully saturated rings. The Morgan fingerprint density at radius 3 is 2.89 bits per heavy atom. The molecule has 0 bridgehead atoms. The van der Waals surface area contributed by atoms with Gasteiger partial charge in [-0.1, -0.05) is 6.07 Å². The average Bonchev–Trinajstić information content (AvgIpc) is 2.82. The summed E-state index contributed by atoms with van der Waals surface area (Å²) in [5.74, 6) is 1.96. The molecule has 0 N–H and O–H groups in total. The molecule has 1 aromatic carbocycles. The van der Waals surface area contributed by atoms with Crippen molar-refractivity contribution in [1.29, 1.82) is 0 Å². The summed E-state index contributed by atoms with van der Waals surface area (Å²) >= 11 is 2.25. The van der Waals surface area contributed by atoms with Crippen LogP contribution in [0.3, 0.4) is 0 Å². The Kier molecular flexibility index (Phi) is 3.09. The molecule has 0 saturated heterocycles. The lowest BCUT2D eigenvalue weighted by Gasteiger charge is -2.09. The van der Waals surface area contributed by atoms with E-state index >= 15 is 0 Å². The molecule has 0 aliphatic heterocycles. The number of halogens is 1. The first-order chi connectivity index (χ1) is 9.13. The Hall–Kier alpha value is -1.70. The lowest BCUT2D eigenvalue weighted by atomic mass is 10.2. The summed E-state index contributed by atoms with van der Waals surface area (Å²) in [6.07, 6.45) is 1.47. The Morgan fingerprint density at radius 1 is 1.21 bits per heavy atom. The number of fused-ring (bicyclic) bond motifs is 1. The van der Waals surface area contributed by atoms with Gasteiger partial charge in [0.15, 0.2) is 0 Å². The number of rotatable bonds is 2. The molecule has 0 aliphatic rings. The van der Waals surface area contributed by atoms with Gasteiger partial charge in [-0.25, -0.2) is 4.98 Å². The minimum Gasteiger partial charge on any atom is -0.438 e. The maximum Gasteiger partial charge on any atom is 0.255 e. The van der Waals surface area contributed by atoms with Crippen molar-refractivity contribution in [2.24, 2.45) is 0 Å². The van der Waals surface area contributed by atoms with Gasteiger partial charge in [0.05, 0.1) is 3.57 Å². The van der Waals surface area contributed by atoms with Crippen LogP contribution in [0.4, 0.5) is 0 Å². The van der Waals surface area contributed by atoms with E-state index in [0.717, 1.165) is 20.6 Å². The largest absolute Gasteiger partial charge is 0.438 e. The normalized spacial score (nSPS) is 10.9. The molecule has 6 heteroatoms. The zero-order valence-corrected chi connectivity index (χ0v) is 12.6. The SMILES string of the molecule is Cc1ccc(I)c(Oc2cc(C)nc3ncnn23)c1. The Bertz CT molecular complexity index is 753. The summed E-state index contributed by atoms with van der Waals surface area (Å²) in [5, 5.41) is 4.12. The molecule has 19 heavy (non-hydrogen) atoms. The maximum atomic E-state index is 5.96. The van der Waals surface area contributed by atoms with Gasteiger partial charge < -0.3 is 4.74 Å². The number of aryl methyl sites for hydroxylation is 2. The summed E-state index contributed by atoms with van der Waals surface area (Å²) in [7, 11) is 0. The van der Waals surface area contributed by atoms with Crippen molar-refractivity contribution in [3.63, 3.8) is 0 Å². The summed E-state index contributed by atoms with van der Waals surface area (Å²) < 4.78 is 8.59. The first-order valence-corrected chi connectivity index (χ1v) is 6.83. The van der Waals surface area contributed by atoms with E-state index in [2.05, 4.69) is 43.7 Å². The average molecular weight is 366 g/mol. The van der Waals surface area contributed by atoms with Crippen LogP contribution in [0.25, 0.3) is 5.78 Å². The van der Waals surface area contributed by atoms with E-state index in [1.807, 2.05) is 32.0 Å². The summed E-state index contributed by atoms with van der Waals surface area (Å²) in [5.41, 5.74) is 1.99. The fraction of sp³-hybridized carbons (Fsp3) is 0.154. The monoisotopic (exact) mass is 366 g/mol. The molecule has 96 valence electrons. The standard InChI is InChI=1S/C13H11IN4O/c1-8-3-4-10(14)11(5-8)19-12-6-9(2)17-13-15-7-16-18(12)13/h3-7H,1-2H3. The maximum absolute atomic E-state index is 5.96. The topological polar surface area (TPSA) is 52.3 Å². The van der Waals surface area contributed by atoms with Gasteiger partial charge >= 0.3 is 0 Å². The van der Waals surface area contributed by atoms with E-state index in [1.54, 1.807) is 4.52 Å². The van der Waals surface area contributed by atoms with E-state index in [1.165, 1.54) is 6.33 Å². The molecule has 3 rings (SSSR count). The molecule has 0 amide bonds. The van der Waals surface area contributed by atoms with Gasteiger partial charge in [0, 0.05) is 11.8 Å². The third-order valence-corrected chi connectivity index (χ3v) is 3.54. The van der Waals surface area contributed by atoms with Crippen LogP contribution in [0.5, 0.6) is 11.6 Å². The third kappa shape index (κ3) is 2.40. The number of aromatic nitrogens is 4. The van der Waals surface area contributed by atoms with E-state index in [4.69, 9.17) is 4.74 Å². The second-order valence-corrected chi connectivity index (χ2v) is 5.41. The van der Waals surface area contributed by atoms with Crippen LogP contribution in [0, 0.1) is 17.4 Å². The highest BCUT2D eigenvalue weighted by atomic mass is 127. The highest BCUT2D eigenvalue weighted by Gasteiger charge is 2.09. The molecule has 3 aromatic rings. The number of nitrogens with zero attached hydrogens (tertiary/aromatic N) is 4. The second kappa shape index (κ2) is 4.76. The van der Waals surface area contributed by atoms with Crippen molar-refractivity contribution in [2.75, 3.05) is 0 Å². The number of hydrogen-bond acceptors (Lipinski definition) is 4. The quantitative estimate of drug-likeness (QED) is 0.654. The summed E-state index contributed by atoms with van der Waals surface area (Å²) in [6.45, 7) is 3.94. The molecule has 5 nitrogen and oxygen atoms in total. The van der Waals surface area contributed by atoms with Gasteiger partial charge in [-0.05, 0) is 54.1 Å². The van der Waals surface area contributed by atoms with E-state index < -0.39 is 0 Å². The van der Waals surface area contributed by atoms with Crippen LogP contribution in [-0.2, 0) is 0 Å². The van der Waals surface area contributed by atoms with Gasteiger partial charge in [-0.2, -0.15) is 14.6 Å². The van der Waals surface area contributed by atoms with Crippen LogP contribution in [0.1, 0.15) is 11.3 Å². The number of ether oxygens (including phenoxy) is 1. The van der Waals surface area contributed by atoms with Crippen molar-refractivity contribution < 1.29 is 4.74 Å². The zero-order chi connectivity index (χ0) is 13.4. The van der Waals surface area contributed by atoms with Gasteiger partial charge in [0.25, 0.3) is 5.78 Å². The molecule has 0 atom stereocenters. The van der Waals surface area contributed by atoms with Gasteiger partial charge in [0.2, 0.25) is 5.88 Å². The predicted molar refractivity (Wildman–Crippen MR) is 79.5 cm³/mol. The highest BCUT2D eigenvalue weighted by molar-refractivity contribution is 14.1. The molecule has 2 heterocycles. The third-order valence-electron chi connectivity index (χ3n) is 2.65. The predicted octanol–water partition coefficient (Wildman–Crippen LogP) is 3.14. The van der Waals surface area contributed by atoms with Crippen molar-refractivity contribution in [3.8, 4) is 11.6 Å². The smallest absolute Gasteiger partial charge is 0.255 e. The fourth-order valence-corrected chi connectivity index (χ4v) is 2.22. The first-order valence-electron chi connectivity index (χ1n) is 5.75. The molecule has 2 aromatic heterocycles. The summed E-state index contributed by atoms with van der Waals surface area (Å²) in [4.78, 5) is 8.37. The molecular formula is C13H11IN4O. The fourth-order valence-electron chi connectivity index (χ4n) is 1.77. The first kappa shape index (κ1) is 12.3. The lowest BCUT2D eigenvalue weighted by Crippen LogP contribution is -2.00. The van der Waals surface area contributed by atoms with Crippen LogP contribution < -0.4 is 4.74 Å². The Labute approximate surface area is 123 Å². The number of hydrogen-bond donors (Lipinski definition) is 0. The molecule has 0 saturated carbocycles. The van der Waals surface area contributed by atoms with Crippen LogP contribution in [-0.4, -0.2) is 19.6 Å². The van der Waals surface area contributed by atoms with Crippen LogP contribution >= 0.6 is 22.6 Å².